The van der Waals surface area contributed by atoms with Crippen LogP contribution in [0.4, 0.5) is 5.69 Å². The molecule has 0 atom stereocenters. The van der Waals surface area contributed by atoms with E-state index in [1.807, 2.05) is 59.2 Å². The minimum Gasteiger partial charge on any atom is -0.399 e. The van der Waals surface area contributed by atoms with Crippen molar-refractivity contribution >= 4 is 5.69 Å². The second kappa shape index (κ2) is 2.94. The molecule has 0 bridgehead atoms. The minimum absolute atomic E-state index is 0.786. The Hall–Kier alpha value is -1.77. The van der Waals surface area contributed by atoms with E-state index in [2.05, 4.69) is 0 Å². The monoisotopic (exact) mass is 174 g/mol. The van der Waals surface area contributed by atoms with Crippen molar-refractivity contribution in [2.75, 3.05) is 5.73 Å². The van der Waals surface area contributed by atoms with Gasteiger partial charge in [-0.15, -0.1) is 0 Å². The van der Waals surface area contributed by atoms with Crippen LogP contribution in [0.2, 0.25) is 0 Å². The number of nitrogen functional groups attached to an aromatic ring is 1. The molecule has 2 rings (SSSR count). The third-order valence-corrected chi connectivity index (χ3v) is 1.94. The van der Waals surface area contributed by atoms with Crippen LogP contribution in [0.3, 0.4) is 0 Å². The van der Waals surface area contributed by atoms with Crippen molar-refractivity contribution in [1.82, 2.24) is 4.57 Å². The van der Waals surface area contributed by atoms with Crippen LogP contribution >= 0.6 is 0 Å². The zero-order valence-corrected chi connectivity index (χ0v) is 7.51. The van der Waals surface area contributed by atoms with Gasteiger partial charge < -0.3 is 5.73 Å². The molecule has 3 nitrogen and oxygen atoms in total. The fourth-order valence-corrected chi connectivity index (χ4v) is 1.29. The van der Waals surface area contributed by atoms with E-state index >= 15 is 0 Å². The second-order valence-corrected chi connectivity index (χ2v) is 3.08. The van der Waals surface area contributed by atoms with E-state index in [4.69, 9.17) is 5.73 Å². The van der Waals surface area contributed by atoms with Gasteiger partial charge in [-0.2, -0.15) is 0 Å². The Bertz CT molecular complexity index is 418. The van der Waals surface area contributed by atoms with Crippen molar-refractivity contribution in [1.29, 1.82) is 0 Å². The molecule has 1 aromatic heterocycles. The Morgan fingerprint density at radius 2 is 2.23 bits per heavy atom. The zero-order valence-electron chi connectivity index (χ0n) is 7.51. The highest BCUT2D eigenvalue weighted by atomic mass is 15.1. The van der Waals surface area contributed by atoms with E-state index in [1.165, 1.54) is 0 Å². The van der Waals surface area contributed by atoms with Gasteiger partial charge in [-0.05, 0) is 12.1 Å². The van der Waals surface area contributed by atoms with Gasteiger partial charge in [0.1, 0.15) is 18.1 Å². The van der Waals surface area contributed by atoms with Crippen LogP contribution in [0.15, 0.2) is 43.0 Å². The number of benzene rings is 1. The molecule has 0 spiro atoms. The van der Waals surface area contributed by atoms with Gasteiger partial charge in [0.2, 0.25) is 6.33 Å². The molecular formula is C10H12N3+. The molecule has 0 unspecified atom stereocenters. The largest absolute Gasteiger partial charge is 0.399 e. The predicted octanol–water partition coefficient (Wildman–Crippen LogP) is 0.884. The maximum absolute atomic E-state index is 5.68. The van der Waals surface area contributed by atoms with Gasteiger partial charge in [-0.25, -0.2) is 9.13 Å². The molecule has 0 aliphatic carbocycles. The lowest BCUT2D eigenvalue weighted by atomic mass is 10.3. The van der Waals surface area contributed by atoms with Gasteiger partial charge in [0.25, 0.3) is 0 Å². The number of nitrogens with zero attached hydrogens (tertiary/aromatic N) is 2. The van der Waals surface area contributed by atoms with Crippen molar-refractivity contribution < 1.29 is 4.57 Å². The van der Waals surface area contributed by atoms with Gasteiger partial charge in [-0.1, -0.05) is 6.07 Å². The van der Waals surface area contributed by atoms with E-state index < -0.39 is 0 Å². The number of anilines is 1. The average Bonchev–Trinajstić information content (AvgIpc) is 2.52. The fourth-order valence-electron chi connectivity index (χ4n) is 1.29. The number of aryl methyl sites for hydroxylation is 1. The molecule has 1 heterocycles. The lowest BCUT2D eigenvalue weighted by Crippen LogP contribution is -2.23. The Morgan fingerprint density at radius 3 is 2.85 bits per heavy atom. The van der Waals surface area contributed by atoms with Gasteiger partial charge in [-0.3, -0.25) is 0 Å². The zero-order chi connectivity index (χ0) is 9.26. The number of nitrogens with two attached hydrogens (primary N) is 1. The smallest absolute Gasteiger partial charge is 0.248 e. The summed E-state index contributed by atoms with van der Waals surface area (Å²) in [7, 11) is 1.99. The summed E-state index contributed by atoms with van der Waals surface area (Å²) in [4.78, 5) is 0. The van der Waals surface area contributed by atoms with E-state index in [0.29, 0.717) is 0 Å². The lowest BCUT2D eigenvalue weighted by molar-refractivity contribution is -0.670. The van der Waals surface area contributed by atoms with E-state index in [1.54, 1.807) is 0 Å². The van der Waals surface area contributed by atoms with Gasteiger partial charge >= 0.3 is 0 Å². The maximum Gasteiger partial charge on any atom is 0.248 e. The summed E-state index contributed by atoms with van der Waals surface area (Å²) < 4.78 is 4.01. The van der Waals surface area contributed by atoms with Crippen molar-refractivity contribution in [2.45, 2.75) is 0 Å². The molecule has 0 saturated heterocycles. The molecule has 3 heteroatoms. The molecule has 0 aliphatic heterocycles. The molecule has 13 heavy (non-hydrogen) atoms. The van der Waals surface area contributed by atoms with Crippen molar-refractivity contribution in [2.24, 2.45) is 7.05 Å². The molecule has 0 fully saturated rings. The number of hydrogen-bond acceptors (Lipinski definition) is 1. The minimum atomic E-state index is 0.786. The Balaban J connectivity index is 2.46. The average molecular weight is 174 g/mol. The van der Waals surface area contributed by atoms with Gasteiger partial charge in [0, 0.05) is 11.8 Å². The summed E-state index contributed by atoms with van der Waals surface area (Å²) in [5.41, 5.74) is 7.55. The lowest BCUT2D eigenvalue weighted by Gasteiger charge is -1.96. The van der Waals surface area contributed by atoms with Crippen molar-refractivity contribution in [3.8, 4) is 5.69 Å². The summed E-state index contributed by atoms with van der Waals surface area (Å²) in [6.07, 6.45) is 5.98. The van der Waals surface area contributed by atoms with Crippen LogP contribution in [-0.4, -0.2) is 4.57 Å². The van der Waals surface area contributed by atoms with Crippen LogP contribution in [0.25, 0.3) is 5.69 Å². The molecular weight excluding hydrogens is 162 g/mol. The van der Waals surface area contributed by atoms with Crippen molar-refractivity contribution in [3.63, 3.8) is 0 Å². The normalized spacial score (nSPS) is 10.2. The highest BCUT2D eigenvalue weighted by molar-refractivity contribution is 5.47. The first-order valence-corrected chi connectivity index (χ1v) is 4.15. The molecule has 66 valence electrons. The van der Waals surface area contributed by atoms with Crippen LogP contribution in [0.1, 0.15) is 0 Å². The third kappa shape index (κ3) is 1.54. The first-order chi connectivity index (χ1) is 6.25. The molecule has 1 aromatic carbocycles. The van der Waals surface area contributed by atoms with E-state index in [9.17, 15) is 0 Å². The van der Waals surface area contributed by atoms with Crippen LogP contribution < -0.4 is 10.3 Å². The molecule has 0 amide bonds. The number of rotatable bonds is 1. The fraction of sp³-hybridized carbons (Fsp3) is 0.100. The number of hydrogen-bond donors (Lipinski definition) is 1. The summed E-state index contributed by atoms with van der Waals surface area (Å²) in [6.45, 7) is 0. The Labute approximate surface area is 77.0 Å². The Kier molecular flexibility index (Phi) is 1.77. The molecule has 2 aromatic rings. The highest BCUT2D eigenvalue weighted by Gasteiger charge is 2.02. The summed E-state index contributed by atoms with van der Waals surface area (Å²) in [5, 5.41) is 0. The van der Waals surface area contributed by atoms with Crippen molar-refractivity contribution in [3.05, 3.63) is 43.0 Å². The highest BCUT2D eigenvalue weighted by Crippen LogP contribution is 2.10. The third-order valence-electron chi connectivity index (χ3n) is 1.94. The maximum atomic E-state index is 5.68. The first kappa shape index (κ1) is 7.86. The summed E-state index contributed by atoms with van der Waals surface area (Å²) >= 11 is 0. The standard InChI is InChI=1S/C10H12N3/c1-12-5-6-13(8-12)10-4-2-3-9(11)7-10/h2-8H,11H2,1H3/q+1. The number of aromatic nitrogens is 2. The molecule has 0 radical (unpaired) electrons. The SMILES string of the molecule is C[n+]1ccn(-c2cccc(N)c2)c1. The van der Waals surface area contributed by atoms with Gasteiger partial charge in [0.05, 0.1) is 7.05 Å². The summed E-state index contributed by atoms with van der Waals surface area (Å²) in [6, 6.07) is 7.80. The second-order valence-electron chi connectivity index (χ2n) is 3.08. The first-order valence-electron chi connectivity index (χ1n) is 4.15. The van der Waals surface area contributed by atoms with E-state index in [-0.39, 0.29) is 0 Å². The topological polar surface area (TPSA) is 34.8 Å². The van der Waals surface area contributed by atoms with Crippen LogP contribution in [0, 0.1) is 0 Å². The molecule has 2 N–H and O–H groups in total. The quantitative estimate of drug-likeness (QED) is 0.505. The molecule has 0 aliphatic rings. The summed E-state index contributed by atoms with van der Waals surface area (Å²) in [5.74, 6) is 0. The predicted molar refractivity (Wildman–Crippen MR) is 51.4 cm³/mol. The molecule has 0 saturated carbocycles. The Morgan fingerprint density at radius 1 is 1.38 bits per heavy atom. The van der Waals surface area contributed by atoms with Gasteiger partial charge in [0.15, 0.2) is 0 Å². The van der Waals surface area contributed by atoms with Crippen LogP contribution in [0.5, 0.6) is 0 Å². The van der Waals surface area contributed by atoms with Crippen LogP contribution in [-0.2, 0) is 7.05 Å². The van der Waals surface area contributed by atoms with E-state index in [0.717, 1.165) is 11.4 Å². The number of imidazole rings is 1.